The van der Waals surface area contributed by atoms with Crippen LogP contribution in [0.2, 0.25) is 0 Å². The fourth-order valence-corrected chi connectivity index (χ4v) is 3.45. The second kappa shape index (κ2) is 7.44. The molecule has 0 fully saturated rings. The molecule has 0 bridgehead atoms. The smallest absolute Gasteiger partial charge is 0.168 e. The summed E-state index contributed by atoms with van der Waals surface area (Å²) in [6.45, 7) is 5.61. The van der Waals surface area contributed by atoms with E-state index in [1.54, 1.807) is 5.56 Å². The molecule has 2 heteroatoms. The largest absolute Gasteiger partial charge is 0.205 e. The Kier molecular flexibility index (Phi) is 5.59. The SMILES string of the molecule is Cc1cc(CCCCCC[n+]2ccccc2)c(C)s1. The average Bonchev–Trinajstić information content (AvgIpc) is 2.73. The molecule has 102 valence electrons. The van der Waals surface area contributed by atoms with Crippen LogP contribution in [0.25, 0.3) is 0 Å². The number of hydrogen-bond donors (Lipinski definition) is 0. The number of thiophene rings is 1. The van der Waals surface area contributed by atoms with Gasteiger partial charge in [0.25, 0.3) is 0 Å². The molecule has 2 rings (SSSR count). The minimum absolute atomic E-state index is 1.15. The standard InChI is InChI=1S/C17H24NS/c1-15-14-17(16(2)19-15)10-6-3-4-7-11-18-12-8-5-9-13-18/h5,8-9,12-14H,3-4,6-7,10-11H2,1-2H3/q+1. The molecule has 0 saturated carbocycles. The van der Waals surface area contributed by atoms with E-state index in [0.29, 0.717) is 0 Å². The first-order chi connectivity index (χ1) is 9.25. The quantitative estimate of drug-likeness (QED) is 0.518. The lowest BCUT2D eigenvalue weighted by Gasteiger charge is -2.00. The highest BCUT2D eigenvalue weighted by Crippen LogP contribution is 2.22. The summed E-state index contributed by atoms with van der Waals surface area (Å²) in [4.78, 5) is 2.96. The first-order valence-corrected chi connectivity index (χ1v) is 8.07. The number of hydrogen-bond acceptors (Lipinski definition) is 1. The number of aryl methyl sites for hydroxylation is 4. The molecule has 0 N–H and O–H groups in total. The van der Waals surface area contributed by atoms with Gasteiger partial charge in [-0.1, -0.05) is 12.5 Å². The summed E-state index contributed by atoms with van der Waals surface area (Å²) < 4.78 is 2.27. The van der Waals surface area contributed by atoms with Crippen LogP contribution in [0, 0.1) is 13.8 Å². The fourth-order valence-electron chi connectivity index (χ4n) is 2.48. The van der Waals surface area contributed by atoms with E-state index in [1.165, 1.54) is 41.9 Å². The summed E-state index contributed by atoms with van der Waals surface area (Å²) >= 11 is 1.93. The summed E-state index contributed by atoms with van der Waals surface area (Å²) in [7, 11) is 0. The maximum atomic E-state index is 2.36. The van der Waals surface area contributed by atoms with Crippen molar-refractivity contribution in [2.24, 2.45) is 0 Å². The second-order valence-corrected chi connectivity index (χ2v) is 6.68. The van der Waals surface area contributed by atoms with E-state index in [2.05, 4.69) is 55.1 Å². The lowest BCUT2D eigenvalue weighted by atomic mass is 10.1. The summed E-state index contributed by atoms with van der Waals surface area (Å²) in [6.07, 6.45) is 10.9. The number of rotatable bonds is 7. The van der Waals surface area contributed by atoms with E-state index in [4.69, 9.17) is 0 Å². The molecular weight excluding hydrogens is 250 g/mol. The minimum Gasteiger partial charge on any atom is -0.205 e. The Morgan fingerprint density at radius 3 is 2.37 bits per heavy atom. The molecule has 0 aliphatic rings. The molecule has 0 aliphatic heterocycles. The van der Waals surface area contributed by atoms with Gasteiger partial charge in [0, 0.05) is 28.3 Å². The fraction of sp³-hybridized carbons (Fsp3) is 0.471. The number of pyridine rings is 1. The van der Waals surface area contributed by atoms with Crippen LogP contribution < -0.4 is 4.57 Å². The van der Waals surface area contributed by atoms with Crippen LogP contribution in [0.3, 0.4) is 0 Å². The Morgan fingerprint density at radius 1 is 0.947 bits per heavy atom. The molecule has 0 unspecified atom stereocenters. The van der Waals surface area contributed by atoms with Crippen molar-refractivity contribution in [3.8, 4) is 0 Å². The average molecular weight is 274 g/mol. The maximum Gasteiger partial charge on any atom is 0.168 e. The predicted octanol–water partition coefficient (Wildman–Crippen LogP) is 4.46. The molecule has 0 spiro atoms. The van der Waals surface area contributed by atoms with Gasteiger partial charge in [-0.05, 0) is 44.7 Å². The third-order valence-corrected chi connectivity index (χ3v) is 4.54. The van der Waals surface area contributed by atoms with E-state index < -0.39 is 0 Å². The lowest BCUT2D eigenvalue weighted by molar-refractivity contribution is -0.697. The van der Waals surface area contributed by atoms with Crippen LogP contribution in [0.1, 0.15) is 41.0 Å². The summed E-state index contributed by atoms with van der Waals surface area (Å²) in [5.74, 6) is 0. The van der Waals surface area contributed by atoms with E-state index in [0.717, 1.165) is 6.54 Å². The highest BCUT2D eigenvalue weighted by atomic mass is 32.1. The molecule has 2 aromatic rings. The highest BCUT2D eigenvalue weighted by molar-refractivity contribution is 7.12. The summed E-state index contributed by atoms with van der Waals surface area (Å²) in [5.41, 5.74) is 1.57. The molecule has 0 amide bonds. The molecule has 0 aromatic carbocycles. The first-order valence-electron chi connectivity index (χ1n) is 7.26. The van der Waals surface area contributed by atoms with Crippen LogP contribution >= 0.6 is 11.3 Å². The lowest BCUT2D eigenvalue weighted by Crippen LogP contribution is -2.32. The molecule has 0 radical (unpaired) electrons. The van der Waals surface area contributed by atoms with Crippen LogP contribution in [-0.4, -0.2) is 0 Å². The maximum absolute atomic E-state index is 2.36. The van der Waals surface area contributed by atoms with Gasteiger partial charge >= 0.3 is 0 Å². The first kappa shape index (κ1) is 14.3. The van der Waals surface area contributed by atoms with Gasteiger partial charge in [0.15, 0.2) is 12.4 Å². The van der Waals surface area contributed by atoms with Crippen molar-refractivity contribution < 1.29 is 4.57 Å². The molecule has 2 aromatic heterocycles. The Balaban J connectivity index is 1.59. The predicted molar refractivity (Wildman–Crippen MR) is 82.6 cm³/mol. The van der Waals surface area contributed by atoms with E-state index in [-0.39, 0.29) is 0 Å². The van der Waals surface area contributed by atoms with E-state index in [9.17, 15) is 0 Å². The van der Waals surface area contributed by atoms with Crippen LogP contribution in [0.5, 0.6) is 0 Å². The van der Waals surface area contributed by atoms with Crippen molar-refractivity contribution in [2.45, 2.75) is 52.5 Å². The molecule has 0 atom stereocenters. The number of nitrogens with zero attached hydrogens (tertiary/aromatic N) is 1. The van der Waals surface area contributed by atoms with E-state index >= 15 is 0 Å². The molecular formula is C17H24NS+. The zero-order valence-electron chi connectivity index (χ0n) is 12.1. The van der Waals surface area contributed by atoms with Crippen LogP contribution in [0.4, 0.5) is 0 Å². The van der Waals surface area contributed by atoms with Crippen molar-refractivity contribution >= 4 is 11.3 Å². The third-order valence-electron chi connectivity index (χ3n) is 3.53. The van der Waals surface area contributed by atoms with Gasteiger partial charge in [-0.2, -0.15) is 0 Å². The number of aromatic nitrogens is 1. The van der Waals surface area contributed by atoms with Gasteiger partial charge < -0.3 is 0 Å². The normalized spacial score (nSPS) is 10.8. The summed E-state index contributed by atoms with van der Waals surface area (Å²) in [5, 5.41) is 0. The molecule has 1 nitrogen and oxygen atoms in total. The van der Waals surface area contributed by atoms with Crippen molar-refractivity contribution in [1.82, 2.24) is 0 Å². The second-order valence-electron chi connectivity index (χ2n) is 5.22. The molecule has 0 saturated heterocycles. The van der Waals surface area contributed by atoms with Crippen LogP contribution in [-0.2, 0) is 13.0 Å². The van der Waals surface area contributed by atoms with Crippen molar-refractivity contribution in [1.29, 1.82) is 0 Å². The number of unbranched alkanes of at least 4 members (excludes halogenated alkanes) is 3. The van der Waals surface area contributed by atoms with Gasteiger partial charge in [0.2, 0.25) is 0 Å². The Morgan fingerprint density at radius 2 is 1.68 bits per heavy atom. The van der Waals surface area contributed by atoms with Gasteiger partial charge in [0.1, 0.15) is 6.54 Å². The Hall–Kier alpha value is -1.15. The van der Waals surface area contributed by atoms with Crippen molar-refractivity contribution in [3.63, 3.8) is 0 Å². The Labute approximate surface area is 120 Å². The monoisotopic (exact) mass is 274 g/mol. The van der Waals surface area contributed by atoms with Crippen LogP contribution in [0.15, 0.2) is 36.7 Å². The van der Waals surface area contributed by atoms with Gasteiger partial charge in [-0.3, -0.25) is 0 Å². The minimum atomic E-state index is 1.15. The van der Waals surface area contributed by atoms with E-state index in [1.807, 2.05) is 11.3 Å². The van der Waals surface area contributed by atoms with Crippen molar-refractivity contribution in [2.75, 3.05) is 0 Å². The molecule has 19 heavy (non-hydrogen) atoms. The third kappa shape index (κ3) is 4.79. The van der Waals surface area contributed by atoms with Gasteiger partial charge in [-0.25, -0.2) is 4.57 Å². The molecule has 2 heterocycles. The Bertz CT molecular complexity index is 487. The van der Waals surface area contributed by atoms with Gasteiger partial charge in [-0.15, -0.1) is 11.3 Å². The molecule has 0 aliphatic carbocycles. The topological polar surface area (TPSA) is 3.88 Å². The summed E-state index contributed by atoms with van der Waals surface area (Å²) in [6, 6.07) is 8.63. The van der Waals surface area contributed by atoms with Crippen molar-refractivity contribution in [3.05, 3.63) is 52.0 Å². The highest BCUT2D eigenvalue weighted by Gasteiger charge is 2.03. The zero-order valence-corrected chi connectivity index (χ0v) is 12.9. The van der Waals surface area contributed by atoms with Gasteiger partial charge in [0.05, 0.1) is 0 Å². The zero-order chi connectivity index (χ0) is 13.5.